The van der Waals surface area contributed by atoms with E-state index in [0.717, 1.165) is 32.5 Å². The van der Waals surface area contributed by atoms with Crippen molar-refractivity contribution in [3.63, 3.8) is 0 Å². The highest BCUT2D eigenvalue weighted by molar-refractivity contribution is 7.09. The second-order valence-electron chi connectivity index (χ2n) is 6.60. The molecule has 2 aromatic rings. The molecule has 2 fully saturated rings. The Hall–Kier alpha value is -1.72. The van der Waals surface area contributed by atoms with E-state index in [9.17, 15) is 4.79 Å². The third-order valence-electron chi connectivity index (χ3n) is 5.26. The van der Waals surface area contributed by atoms with Gasteiger partial charge in [0.25, 0.3) is 0 Å². The minimum Gasteiger partial charge on any atom is -0.350 e. The number of piperidine rings is 1. The molecule has 2 aromatic heterocycles. The van der Waals surface area contributed by atoms with Crippen LogP contribution in [0.25, 0.3) is 0 Å². The summed E-state index contributed by atoms with van der Waals surface area (Å²) in [5.41, 5.74) is 1.18. The van der Waals surface area contributed by atoms with Crippen LogP contribution in [0.5, 0.6) is 0 Å². The number of rotatable bonds is 3. The van der Waals surface area contributed by atoms with E-state index in [1.165, 1.54) is 10.4 Å². The first-order valence-corrected chi connectivity index (χ1v) is 9.09. The lowest BCUT2D eigenvalue weighted by Crippen LogP contribution is -2.53. The first kappa shape index (κ1) is 14.8. The molecule has 4 nitrogen and oxygen atoms in total. The molecule has 23 heavy (non-hydrogen) atoms. The maximum Gasteiger partial charge on any atom is 0.221 e. The van der Waals surface area contributed by atoms with Gasteiger partial charge in [-0.05, 0) is 42.0 Å². The highest BCUT2D eigenvalue weighted by atomic mass is 32.1. The van der Waals surface area contributed by atoms with Crippen LogP contribution in [-0.4, -0.2) is 34.4 Å². The summed E-state index contributed by atoms with van der Waals surface area (Å²) in [4.78, 5) is 20.1. The van der Waals surface area contributed by atoms with Gasteiger partial charge in [-0.1, -0.05) is 6.07 Å². The molecule has 0 aromatic carbocycles. The summed E-state index contributed by atoms with van der Waals surface area (Å²) in [6.45, 7) is 3.11. The van der Waals surface area contributed by atoms with Crippen LogP contribution in [0.1, 0.15) is 35.6 Å². The molecule has 1 spiro atoms. The van der Waals surface area contributed by atoms with Gasteiger partial charge in [0.2, 0.25) is 5.91 Å². The zero-order chi connectivity index (χ0) is 15.7. The lowest BCUT2D eigenvalue weighted by Gasteiger charge is -2.43. The van der Waals surface area contributed by atoms with E-state index in [0.29, 0.717) is 6.42 Å². The molecule has 120 valence electrons. The minimum absolute atomic E-state index is 0.0651. The second kappa shape index (κ2) is 6.06. The van der Waals surface area contributed by atoms with Gasteiger partial charge in [-0.25, -0.2) is 0 Å². The Morgan fingerprint density at radius 1 is 1.26 bits per heavy atom. The number of aromatic nitrogens is 1. The molecule has 0 bridgehead atoms. The van der Waals surface area contributed by atoms with Gasteiger partial charge in [0.15, 0.2) is 0 Å². The fourth-order valence-corrected chi connectivity index (χ4v) is 4.78. The monoisotopic (exact) mass is 327 g/mol. The normalized spacial score (nSPS) is 24.0. The largest absolute Gasteiger partial charge is 0.350 e. The molecule has 4 rings (SSSR count). The van der Waals surface area contributed by atoms with Crippen LogP contribution in [0.4, 0.5) is 0 Å². The van der Waals surface area contributed by atoms with Crippen molar-refractivity contribution in [2.45, 2.75) is 37.3 Å². The van der Waals surface area contributed by atoms with E-state index in [-0.39, 0.29) is 17.4 Å². The number of pyridine rings is 1. The highest BCUT2D eigenvalue weighted by Crippen LogP contribution is 2.43. The molecule has 2 saturated heterocycles. The fraction of sp³-hybridized carbons (Fsp3) is 0.444. The van der Waals surface area contributed by atoms with Gasteiger partial charge >= 0.3 is 0 Å². The molecule has 0 unspecified atom stereocenters. The number of amides is 1. The van der Waals surface area contributed by atoms with Crippen molar-refractivity contribution >= 4 is 17.2 Å². The van der Waals surface area contributed by atoms with Gasteiger partial charge in [0, 0.05) is 54.8 Å². The Morgan fingerprint density at radius 2 is 2.04 bits per heavy atom. The minimum atomic E-state index is -0.0651. The molecule has 4 heterocycles. The van der Waals surface area contributed by atoms with E-state index >= 15 is 0 Å². The predicted octanol–water partition coefficient (Wildman–Crippen LogP) is 2.78. The van der Waals surface area contributed by atoms with Crippen LogP contribution >= 0.6 is 11.3 Å². The van der Waals surface area contributed by atoms with Crippen LogP contribution in [0.15, 0.2) is 42.0 Å². The smallest absolute Gasteiger partial charge is 0.221 e. The van der Waals surface area contributed by atoms with Crippen molar-refractivity contribution in [1.29, 1.82) is 0 Å². The molecular weight excluding hydrogens is 306 g/mol. The summed E-state index contributed by atoms with van der Waals surface area (Å²) in [7, 11) is 0. The third kappa shape index (κ3) is 2.91. The van der Waals surface area contributed by atoms with Gasteiger partial charge in [-0.2, -0.15) is 0 Å². The summed E-state index contributed by atoms with van der Waals surface area (Å²) in [5.74, 6) is 0.473. The van der Waals surface area contributed by atoms with Crippen LogP contribution < -0.4 is 5.32 Å². The van der Waals surface area contributed by atoms with Crippen LogP contribution in [0.3, 0.4) is 0 Å². The molecule has 0 aliphatic carbocycles. The average molecular weight is 327 g/mol. The van der Waals surface area contributed by atoms with Crippen molar-refractivity contribution in [3.05, 3.63) is 52.5 Å². The summed E-state index contributed by atoms with van der Waals surface area (Å²) >= 11 is 1.82. The average Bonchev–Trinajstić information content (AvgIpc) is 3.19. The van der Waals surface area contributed by atoms with Crippen molar-refractivity contribution < 1.29 is 4.79 Å². The number of nitrogens with zero attached hydrogens (tertiary/aromatic N) is 2. The van der Waals surface area contributed by atoms with E-state index < -0.39 is 0 Å². The Morgan fingerprint density at radius 3 is 2.74 bits per heavy atom. The van der Waals surface area contributed by atoms with Gasteiger partial charge < -0.3 is 5.32 Å². The van der Waals surface area contributed by atoms with Crippen LogP contribution in [-0.2, 0) is 11.3 Å². The van der Waals surface area contributed by atoms with Gasteiger partial charge in [-0.15, -0.1) is 11.3 Å². The van der Waals surface area contributed by atoms with Crippen molar-refractivity contribution in [1.82, 2.24) is 15.2 Å². The molecule has 0 saturated carbocycles. The summed E-state index contributed by atoms with van der Waals surface area (Å²) in [5, 5.41) is 5.45. The lowest BCUT2D eigenvalue weighted by molar-refractivity contribution is -0.120. The van der Waals surface area contributed by atoms with E-state index in [1.54, 1.807) is 0 Å². The Balaban J connectivity index is 1.49. The number of nitrogens with one attached hydrogen (secondary N) is 1. The summed E-state index contributed by atoms with van der Waals surface area (Å²) in [6, 6.07) is 8.43. The number of likely N-dealkylation sites (tertiary alicyclic amines) is 1. The standard InChI is InChI=1S/C18H21N3OS/c22-17-12-16(14-3-7-19-8-4-14)18(20-17)5-9-21(10-6-18)13-15-2-1-11-23-15/h1-4,7-8,11,16H,5-6,9-10,12-13H2,(H,20,22)/t16-/m0/s1. The van der Waals surface area contributed by atoms with E-state index in [2.05, 4.69) is 44.8 Å². The first-order valence-electron chi connectivity index (χ1n) is 8.21. The Labute approximate surface area is 140 Å². The Bertz CT molecular complexity index is 663. The predicted molar refractivity (Wildman–Crippen MR) is 91.3 cm³/mol. The maximum absolute atomic E-state index is 12.1. The molecule has 1 amide bonds. The van der Waals surface area contributed by atoms with E-state index in [1.807, 2.05) is 23.7 Å². The number of carbonyl (C=O) groups excluding carboxylic acids is 1. The SMILES string of the molecule is O=C1C[C@@H](c2ccncc2)C2(CCN(Cc3cccs3)CC2)N1. The molecule has 2 aliphatic rings. The molecule has 1 atom stereocenters. The topological polar surface area (TPSA) is 45.2 Å². The van der Waals surface area contributed by atoms with E-state index in [4.69, 9.17) is 0 Å². The van der Waals surface area contributed by atoms with Crippen molar-refractivity contribution in [2.24, 2.45) is 0 Å². The lowest BCUT2D eigenvalue weighted by atomic mass is 9.74. The molecule has 0 radical (unpaired) electrons. The number of hydrogen-bond acceptors (Lipinski definition) is 4. The fourth-order valence-electron chi connectivity index (χ4n) is 4.04. The molecule has 5 heteroatoms. The second-order valence-corrected chi connectivity index (χ2v) is 7.63. The molecular formula is C18H21N3OS. The zero-order valence-electron chi connectivity index (χ0n) is 13.1. The van der Waals surface area contributed by atoms with Gasteiger partial charge in [0.1, 0.15) is 0 Å². The number of hydrogen-bond donors (Lipinski definition) is 1. The number of carbonyl (C=O) groups is 1. The van der Waals surface area contributed by atoms with Crippen LogP contribution in [0, 0.1) is 0 Å². The molecule has 1 N–H and O–H groups in total. The Kier molecular flexibility index (Phi) is 3.91. The zero-order valence-corrected chi connectivity index (χ0v) is 13.9. The quantitative estimate of drug-likeness (QED) is 0.943. The summed E-state index contributed by atoms with van der Waals surface area (Å²) in [6.07, 6.45) is 6.32. The third-order valence-corrected chi connectivity index (χ3v) is 6.12. The number of thiophene rings is 1. The van der Waals surface area contributed by atoms with Crippen LogP contribution in [0.2, 0.25) is 0 Å². The van der Waals surface area contributed by atoms with Crippen molar-refractivity contribution in [3.8, 4) is 0 Å². The van der Waals surface area contributed by atoms with Gasteiger partial charge in [0.05, 0.1) is 0 Å². The highest BCUT2D eigenvalue weighted by Gasteiger charge is 2.48. The summed E-state index contributed by atoms with van der Waals surface area (Å²) < 4.78 is 0. The maximum atomic E-state index is 12.1. The van der Waals surface area contributed by atoms with Gasteiger partial charge in [-0.3, -0.25) is 14.7 Å². The first-order chi connectivity index (χ1) is 11.3. The molecule has 2 aliphatic heterocycles. The van der Waals surface area contributed by atoms with Crippen molar-refractivity contribution in [2.75, 3.05) is 13.1 Å².